The Balaban J connectivity index is 1.90. The second-order valence-electron chi connectivity index (χ2n) is 5.09. The standard InChI is InChI=1S/C15H18N6O3/c16-13(22)12(14(17)23)20-15(24)18-8-10-3-1-4-11(7-10)9-21-6-2-5-19-21/h1-7,12H,8-9H2,(H2,16,22)(H2,17,23)(H2,18,20,24). The third kappa shape index (κ3) is 4.83. The van der Waals surface area contributed by atoms with E-state index in [0.29, 0.717) is 6.54 Å². The Morgan fingerprint density at radius 2 is 1.83 bits per heavy atom. The molecular formula is C15H18N6O3. The topological polar surface area (TPSA) is 145 Å². The zero-order valence-corrected chi connectivity index (χ0v) is 12.8. The first-order valence-corrected chi connectivity index (χ1v) is 7.14. The maximum Gasteiger partial charge on any atom is 0.316 e. The van der Waals surface area contributed by atoms with Gasteiger partial charge in [0.05, 0.1) is 6.54 Å². The molecule has 0 saturated heterocycles. The zero-order valence-electron chi connectivity index (χ0n) is 12.8. The average Bonchev–Trinajstić information content (AvgIpc) is 3.03. The van der Waals surface area contributed by atoms with E-state index in [4.69, 9.17) is 11.5 Å². The van der Waals surface area contributed by atoms with E-state index in [0.717, 1.165) is 11.1 Å². The van der Waals surface area contributed by atoms with Crippen LogP contribution in [-0.2, 0) is 22.7 Å². The van der Waals surface area contributed by atoms with Crippen LogP contribution in [0.1, 0.15) is 11.1 Å². The van der Waals surface area contributed by atoms with Crippen LogP contribution in [0.5, 0.6) is 0 Å². The van der Waals surface area contributed by atoms with Crippen LogP contribution >= 0.6 is 0 Å². The van der Waals surface area contributed by atoms with Gasteiger partial charge in [0, 0.05) is 18.9 Å². The Hall–Kier alpha value is -3.36. The van der Waals surface area contributed by atoms with E-state index in [9.17, 15) is 14.4 Å². The summed E-state index contributed by atoms with van der Waals surface area (Å²) in [6.45, 7) is 0.821. The van der Waals surface area contributed by atoms with Gasteiger partial charge >= 0.3 is 6.03 Å². The summed E-state index contributed by atoms with van der Waals surface area (Å²) in [5.41, 5.74) is 11.8. The molecular weight excluding hydrogens is 312 g/mol. The van der Waals surface area contributed by atoms with Crippen LogP contribution in [0, 0.1) is 0 Å². The zero-order chi connectivity index (χ0) is 17.5. The number of urea groups is 1. The van der Waals surface area contributed by atoms with Crippen LogP contribution in [0.2, 0.25) is 0 Å². The van der Waals surface area contributed by atoms with Crippen molar-refractivity contribution in [1.29, 1.82) is 0 Å². The van der Waals surface area contributed by atoms with Crippen molar-refractivity contribution in [3.05, 3.63) is 53.9 Å². The lowest BCUT2D eigenvalue weighted by molar-refractivity contribution is -0.128. The van der Waals surface area contributed by atoms with Crippen LogP contribution in [0.4, 0.5) is 4.79 Å². The fraction of sp³-hybridized carbons (Fsp3) is 0.200. The molecule has 6 N–H and O–H groups in total. The molecule has 0 radical (unpaired) electrons. The predicted molar refractivity (Wildman–Crippen MR) is 85.3 cm³/mol. The minimum absolute atomic E-state index is 0.211. The van der Waals surface area contributed by atoms with Gasteiger partial charge in [-0.2, -0.15) is 5.10 Å². The van der Waals surface area contributed by atoms with E-state index in [1.54, 1.807) is 10.9 Å². The van der Waals surface area contributed by atoms with Gasteiger partial charge in [-0.1, -0.05) is 24.3 Å². The van der Waals surface area contributed by atoms with Crippen molar-refractivity contribution in [2.24, 2.45) is 11.5 Å². The first kappa shape index (κ1) is 17.0. The van der Waals surface area contributed by atoms with E-state index in [1.165, 1.54) is 0 Å². The molecule has 4 amide bonds. The lowest BCUT2D eigenvalue weighted by Gasteiger charge is -2.13. The van der Waals surface area contributed by atoms with Crippen LogP contribution < -0.4 is 22.1 Å². The minimum Gasteiger partial charge on any atom is -0.367 e. The first-order valence-electron chi connectivity index (χ1n) is 7.14. The number of amides is 4. The molecule has 0 unspecified atom stereocenters. The van der Waals surface area contributed by atoms with Crippen molar-refractivity contribution in [2.75, 3.05) is 0 Å². The molecule has 0 aliphatic heterocycles. The second-order valence-corrected chi connectivity index (χ2v) is 5.09. The van der Waals surface area contributed by atoms with Gasteiger partial charge in [-0.15, -0.1) is 0 Å². The van der Waals surface area contributed by atoms with E-state index < -0.39 is 23.9 Å². The second kappa shape index (κ2) is 7.77. The highest BCUT2D eigenvalue weighted by atomic mass is 16.2. The number of nitrogens with two attached hydrogens (primary N) is 2. The Labute approximate surface area is 138 Å². The van der Waals surface area contributed by atoms with Crippen LogP contribution in [0.3, 0.4) is 0 Å². The molecule has 0 saturated carbocycles. The minimum atomic E-state index is -1.55. The molecule has 2 rings (SSSR count). The largest absolute Gasteiger partial charge is 0.367 e. The van der Waals surface area contributed by atoms with E-state index >= 15 is 0 Å². The number of primary amides is 2. The molecule has 126 valence electrons. The molecule has 0 spiro atoms. The summed E-state index contributed by atoms with van der Waals surface area (Å²) in [4.78, 5) is 33.8. The molecule has 0 fully saturated rings. The maximum absolute atomic E-state index is 11.7. The smallest absolute Gasteiger partial charge is 0.316 e. The Bertz CT molecular complexity index is 715. The summed E-state index contributed by atoms with van der Waals surface area (Å²) < 4.78 is 1.78. The van der Waals surface area contributed by atoms with Crippen molar-refractivity contribution in [3.63, 3.8) is 0 Å². The van der Waals surface area contributed by atoms with Crippen molar-refractivity contribution >= 4 is 17.8 Å². The molecule has 2 aromatic rings. The van der Waals surface area contributed by atoms with Gasteiger partial charge in [0.25, 0.3) is 0 Å². The third-order valence-corrected chi connectivity index (χ3v) is 3.19. The molecule has 24 heavy (non-hydrogen) atoms. The summed E-state index contributed by atoms with van der Waals surface area (Å²) >= 11 is 0. The number of rotatable bonds is 7. The van der Waals surface area contributed by atoms with Crippen molar-refractivity contribution in [1.82, 2.24) is 20.4 Å². The molecule has 9 nitrogen and oxygen atoms in total. The van der Waals surface area contributed by atoms with Gasteiger partial charge in [-0.25, -0.2) is 4.79 Å². The highest BCUT2D eigenvalue weighted by Crippen LogP contribution is 2.07. The van der Waals surface area contributed by atoms with Crippen LogP contribution in [0.15, 0.2) is 42.7 Å². The van der Waals surface area contributed by atoms with E-state index in [-0.39, 0.29) is 6.54 Å². The van der Waals surface area contributed by atoms with Gasteiger partial charge in [0.15, 0.2) is 6.04 Å². The molecule has 0 aliphatic rings. The lowest BCUT2D eigenvalue weighted by Crippen LogP contribution is -2.54. The van der Waals surface area contributed by atoms with E-state index in [1.807, 2.05) is 36.5 Å². The summed E-state index contributed by atoms with van der Waals surface area (Å²) in [7, 11) is 0. The Kier molecular flexibility index (Phi) is 5.50. The molecule has 0 aliphatic carbocycles. The van der Waals surface area contributed by atoms with Crippen LogP contribution in [0.25, 0.3) is 0 Å². The van der Waals surface area contributed by atoms with Gasteiger partial charge in [0.2, 0.25) is 11.8 Å². The highest BCUT2D eigenvalue weighted by molar-refractivity contribution is 6.05. The highest BCUT2D eigenvalue weighted by Gasteiger charge is 2.23. The van der Waals surface area contributed by atoms with Gasteiger partial charge in [0.1, 0.15) is 0 Å². The number of carbonyl (C=O) groups excluding carboxylic acids is 3. The summed E-state index contributed by atoms with van der Waals surface area (Å²) in [6.07, 6.45) is 3.55. The SMILES string of the molecule is NC(=O)C(NC(=O)NCc1cccc(Cn2cccn2)c1)C(N)=O. The number of benzene rings is 1. The van der Waals surface area contributed by atoms with Crippen molar-refractivity contribution in [2.45, 2.75) is 19.1 Å². The fourth-order valence-corrected chi connectivity index (χ4v) is 2.07. The van der Waals surface area contributed by atoms with E-state index in [2.05, 4.69) is 15.7 Å². The molecule has 0 atom stereocenters. The number of nitrogens with zero attached hydrogens (tertiary/aromatic N) is 2. The van der Waals surface area contributed by atoms with Crippen molar-refractivity contribution < 1.29 is 14.4 Å². The van der Waals surface area contributed by atoms with Gasteiger partial charge in [-0.3, -0.25) is 14.3 Å². The first-order chi connectivity index (χ1) is 11.5. The molecule has 1 heterocycles. The number of hydrogen-bond donors (Lipinski definition) is 4. The number of aromatic nitrogens is 2. The summed E-state index contributed by atoms with van der Waals surface area (Å²) in [5.74, 6) is -2.03. The quantitative estimate of drug-likeness (QED) is 0.486. The Morgan fingerprint density at radius 3 is 2.46 bits per heavy atom. The average molecular weight is 330 g/mol. The fourth-order valence-electron chi connectivity index (χ4n) is 2.07. The summed E-state index contributed by atoms with van der Waals surface area (Å²) in [6, 6.07) is 7.15. The molecule has 1 aromatic carbocycles. The lowest BCUT2D eigenvalue weighted by atomic mass is 10.1. The number of carbonyl (C=O) groups is 3. The monoisotopic (exact) mass is 330 g/mol. The maximum atomic E-state index is 11.7. The molecule has 9 heteroatoms. The Morgan fingerprint density at radius 1 is 1.12 bits per heavy atom. The van der Waals surface area contributed by atoms with Gasteiger partial charge < -0.3 is 22.1 Å². The van der Waals surface area contributed by atoms with Crippen LogP contribution in [-0.4, -0.2) is 33.7 Å². The number of nitrogens with one attached hydrogen (secondary N) is 2. The summed E-state index contributed by atoms with van der Waals surface area (Å²) in [5, 5.41) is 8.79. The number of hydrogen-bond acceptors (Lipinski definition) is 4. The normalized spacial score (nSPS) is 10.4. The predicted octanol–water partition coefficient (Wildman–Crippen LogP) is -0.930. The third-order valence-electron chi connectivity index (χ3n) is 3.19. The molecule has 1 aromatic heterocycles. The van der Waals surface area contributed by atoms with Gasteiger partial charge in [-0.05, 0) is 17.2 Å². The molecule has 0 bridgehead atoms. The van der Waals surface area contributed by atoms with Crippen molar-refractivity contribution in [3.8, 4) is 0 Å².